The fraction of sp³-hybridized carbons (Fsp3) is 0.200. The van der Waals surface area contributed by atoms with E-state index in [0.29, 0.717) is 5.56 Å². The van der Waals surface area contributed by atoms with E-state index in [1.54, 1.807) is 0 Å². The van der Waals surface area contributed by atoms with Crippen LogP contribution in [0.2, 0.25) is 0 Å². The predicted molar refractivity (Wildman–Crippen MR) is 79.5 cm³/mol. The van der Waals surface area contributed by atoms with Crippen LogP contribution in [0.3, 0.4) is 0 Å². The molecule has 0 fully saturated rings. The van der Waals surface area contributed by atoms with Gasteiger partial charge in [-0.2, -0.15) is 13.2 Å². The van der Waals surface area contributed by atoms with E-state index in [1.807, 2.05) is 25.1 Å². The number of nitrogens with two attached hydrogens (primary N) is 1. The molecular formula is C15H14BrF3N2. The Hall–Kier alpha value is -1.37. The molecule has 112 valence electrons. The average molecular weight is 359 g/mol. The fourth-order valence-corrected chi connectivity index (χ4v) is 2.53. The van der Waals surface area contributed by atoms with E-state index in [4.69, 9.17) is 5.84 Å². The Morgan fingerprint density at radius 1 is 1.10 bits per heavy atom. The Morgan fingerprint density at radius 3 is 2.24 bits per heavy atom. The second kappa shape index (κ2) is 6.17. The van der Waals surface area contributed by atoms with Gasteiger partial charge in [-0.15, -0.1) is 0 Å². The Kier molecular flexibility index (Phi) is 4.70. The van der Waals surface area contributed by atoms with Gasteiger partial charge < -0.3 is 0 Å². The molecule has 2 aromatic rings. The second-order valence-electron chi connectivity index (χ2n) is 4.72. The highest BCUT2D eigenvalue weighted by atomic mass is 79.9. The van der Waals surface area contributed by atoms with Crippen LogP contribution in [0, 0.1) is 6.92 Å². The summed E-state index contributed by atoms with van der Waals surface area (Å²) in [6.07, 6.45) is -4.34. The molecule has 3 N–H and O–H groups in total. The summed E-state index contributed by atoms with van der Waals surface area (Å²) in [6, 6.07) is 10.4. The first-order chi connectivity index (χ1) is 9.82. The Bertz CT molecular complexity index is 624. The first kappa shape index (κ1) is 16.0. The van der Waals surface area contributed by atoms with Crippen LogP contribution >= 0.6 is 15.9 Å². The van der Waals surface area contributed by atoms with E-state index in [1.165, 1.54) is 12.1 Å². The van der Waals surface area contributed by atoms with E-state index in [2.05, 4.69) is 21.4 Å². The predicted octanol–water partition coefficient (Wildman–Crippen LogP) is 4.33. The maximum atomic E-state index is 12.6. The lowest BCUT2D eigenvalue weighted by Crippen LogP contribution is -2.29. The number of aryl methyl sites for hydroxylation is 1. The van der Waals surface area contributed by atoms with Gasteiger partial charge in [0.15, 0.2) is 0 Å². The number of benzene rings is 2. The molecule has 0 bridgehead atoms. The molecule has 0 aliphatic heterocycles. The van der Waals surface area contributed by atoms with Gasteiger partial charge in [0.25, 0.3) is 0 Å². The average Bonchev–Trinajstić information content (AvgIpc) is 2.43. The molecule has 0 aliphatic rings. The lowest BCUT2D eigenvalue weighted by Gasteiger charge is -2.20. The molecule has 2 nitrogen and oxygen atoms in total. The van der Waals surface area contributed by atoms with Crippen LogP contribution < -0.4 is 11.3 Å². The quantitative estimate of drug-likeness (QED) is 0.633. The van der Waals surface area contributed by atoms with Crippen molar-refractivity contribution in [1.82, 2.24) is 5.43 Å². The monoisotopic (exact) mass is 358 g/mol. The third kappa shape index (κ3) is 3.64. The molecule has 21 heavy (non-hydrogen) atoms. The lowest BCUT2D eigenvalue weighted by atomic mass is 9.95. The van der Waals surface area contributed by atoms with E-state index in [0.717, 1.165) is 27.7 Å². The summed E-state index contributed by atoms with van der Waals surface area (Å²) in [5.41, 5.74) is 4.57. The first-order valence-corrected chi connectivity index (χ1v) is 7.01. The molecule has 0 spiro atoms. The molecule has 0 aromatic heterocycles. The van der Waals surface area contributed by atoms with E-state index >= 15 is 0 Å². The molecule has 0 radical (unpaired) electrons. The summed E-state index contributed by atoms with van der Waals surface area (Å²) in [6.45, 7) is 1.93. The molecule has 2 rings (SSSR count). The van der Waals surface area contributed by atoms with Gasteiger partial charge >= 0.3 is 6.18 Å². The van der Waals surface area contributed by atoms with Crippen molar-refractivity contribution in [2.75, 3.05) is 0 Å². The van der Waals surface area contributed by atoms with Crippen LogP contribution in [0.1, 0.15) is 28.3 Å². The summed E-state index contributed by atoms with van der Waals surface area (Å²) >= 11 is 3.39. The lowest BCUT2D eigenvalue weighted by molar-refractivity contribution is -0.137. The molecule has 0 saturated heterocycles. The van der Waals surface area contributed by atoms with Crippen LogP contribution in [-0.2, 0) is 6.18 Å². The van der Waals surface area contributed by atoms with Crippen molar-refractivity contribution >= 4 is 15.9 Å². The minimum Gasteiger partial charge on any atom is -0.271 e. The van der Waals surface area contributed by atoms with Crippen molar-refractivity contribution in [3.05, 3.63) is 69.2 Å². The summed E-state index contributed by atoms with van der Waals surface area (Å²) in [4.78, 5) is 0. The highest BCUT2D eigenvalue weighted by molar-refractivity contribution is 9.10. The Labute approximate surface area is 129 Å². The maximum absolute atomic E-state index is 12.6. The molecule has 6 heteroatoms. The van der Waals surface area contributed by atoms with Crippen molar-refractivity contribution in [3.63, 3.8) is 0 Å². The minimum atomic E-state index is -4.34. The van der Waals surface area contributed by atoms with Gasteiger partial charge in [-0.1, -0.05) is 34.1 Å². The molecular weight excluding hydrogens is 345 g/mol. The number of rotatable bonds is 3. The second-order valence-corrected chi connectivity index (χ2v) is 5.64. The van der Waals surface area contributed by atoms with Crippen molar-refractivity contribution in [2.24, 2.45) is 5.84 Å². The maximum Gasteiger partial charge on any atom is 0.416 e. The number of alkyl halides is 3. The highest BCUT2D eigenvalue weighted by Gasteiger charge is 2.30. The molecule has 2 aromatic carbocycles. The summed E-state index contributed by atoms with van der Waals surface area (Å²) in [5.74, 6) is 5.59. The van der Waals surface area contributed by atoms with Crippen LogP contribution in [0.25, 0.3) is 0 Å². The van der Waals surface area contributed by atoms with Crippen molar-refractivity contribution < 1.29 is 13.2 Å². The summed E-state index contributed by atoms with van der Waals surface area (Å²) in [5, 5.41) is 0. The van der Waals surface area contributed by atoms with Gasteiger partial charge in [0.1, 0.15) is 0 Å². The zero-order chi connectivity index (χ0) is 15.6. The van der Waals surface area contributed by atoms with Crippen LogP contribution in [0.5, 0.6) is 0 Å². The van der Waals surface area contributed by atoms with Gasteiger partial charge in [0.05, 0.1) is 11.6 Å². The van der Waals surface area contributed by atoms with Crippen LogP contribution in [0.15, 0.2) is 46.9 Å². The van der Waals surface area contributed by atoms with Gasteiger partial charge in [0.2, 0.25) is 0 Å². The van der Waals surface area contributed by atoms with Gasteiger partial charge in [-0.05, 0) is 47.9 Å². The SMILES string of the molecule is Cc1ccc(Br)cc1C(NN)c1ccc(C(F)(F)F)cc1. The zero-order valence-electron chi connectivity index (χ0n) is 11.2. The van der Waals surface area contributed by atoms with Crippen LogP contribution in [-0.4, -0.2) is 0 Å². The van der Waals surface area contributed by atoms with E-state index in [-0.39, 0.29) is 6.04 Å². The molecule has 1 unspecified atom stereocenters. The fourth-order valence-electron chi connectivity index (χ4n) is 2.15. The topological polar surface area (TPSA) is 38.0 Å². The van der Waals surface area contributed by atoms with E-state index in [9.17, 15) is 13.2 Å². The molecule has 1 atom stereocenters. The minimum absolute atomic E-state index is 0.371. The third-order valence-corrected chi connectivity index (χ3v) is 3.78. The number of halogens is 4. The van der Waals surface area contributed by atoms with Crippen LogP contribution in [0.4, 0.5) is 13.2 Å². The number of hydrazine groups is 1. The zero-order valence-corrected chi connectivity index (χ0v) is 12.8. The Balaban J connectivity index is 2.40. The van der Waals surface area contributed by atoms with Gasteiger partial charge in [-0.25, -0.2) is 5.43 Å². The molecule has 0 heterocycles. The largest absolute Gasteiger partial charge is 0.416 e. The van der Waals surface area contributed by atoms with Crippen molar-refractivity contribution in [1.29, 1.82) is 0 Å². The number of hydrogen-bond donors (Lipinski definition) is 2. The smallest absolute Gasteiger partial charge is 0.271 e. The third-order valence-electron chi connectivity index (χ3n) is 3.29. The van der Waals surface area contributed by atoms with Gasteiger partial charge in [0, 0.05) is 4.47 Å². The Morgan fingerprint density at radius 2 is 1.71 bits per heavy atom. The number of nitrogens with one attached hydrogen (secondary N) is 1. The van der Waals surface area contributed by atoms with Crippen molar-refractivity contribution in [2.45, 2.75) is 19.1 Å². The van der Waals surface area contributed by atoms with Gasteiger partial charge in [-0.3, -0.25) is 5.84 Å². The van der Waals surface area contributed by atoms with E-state index < -0.39 is 11.7 Å². The normalized spacial score (nSPS) is 13.2. The standard InChI is InChI=1S/C15H14BrF3N2/c1-9-2-7-12(16)8-13(9)14(21-20)10-3-5-11(6-4-10)15(17,18)19/h2-8,14,21H,20H2,1H3. The summed E-state index contributed by atoms with van der Waals surface area (Å²) < 4.78 is 38.7. The number of hydrogen-bond acceptors (Lipinski definition) is 2. The molecule has 0 saturated carbocycles. The molecule has 0 aliphatic carbocycles. The first-order valence-electron chi connectivity index (χ1n) is 6.22. The van der Waals surface area contributed by atoms with Crippen molar-refractivity contribution in [3.8, 4) is 0 Å². The highest BCUT2D eigenvalue weighted by Crippen LogP contribution is 2.32. The molecule has 0 amide bonds. The summed E-state index contributed by atoms with van der Waals surface area (Å²) in [7, 11) is 0.